The summed E-state index contributed by atoms with van der Waals surface area (Å²) < 4.78 is 1.99. The van der Waals surface area contributed by atoms with E-state index in [1.165, 1.54) is 11.8 Å². The van der Waals surface area contributed by atoms with Gasteiger partial charge in [0.1, 0.15) is 0 Å². The molecule has 0 spiro atoms. The highest BCUT2D eigenvalue weighted by Gasteiger charge is 2.10. The van der Waals surface area contributed by atoms with Crippen LogP contribution in [-0.4, -0.2) is 38.0 Å². The van der Waals surface area contributed by atoms with Crippen LogP contribution in [0.25, 0.3) is 0 Å². The Morgan fingerprint density at radius 2 is 1.83 bits per heavy atom. The fourth-order valence-corrected chi connectivity index (χ4v) is 3.23. The van der Waals surface area contributed by atoms with E-state index in [0.717, 1.165) is 29.3 Å². The van der Waals surface area contributed by atoms with Gasteiger partial charge in [-0.25, -0.2) is 9.97 Å². The van der Waals surface area contributed by atoms with Gasteiger partial charge in [0.15, 0.2) is 5.16 Å². The predicted molar refractivity (Wildman–Crippen MR) is 96.1 cm³/mol. The van der Waals surface area contributed by atoms with Gasteiger partial charge in [-0.2, -0.15) is 5.10 Å². The summed E-state index contributed by atoms with van der Waals surface area (Å²) in [5.41, 5.74) is 4.01. The zero-order valence-corrected chi connectivity index (χ0v) is 15.8. The number of rotatable bonds is 7. The highest BCUT2D eigenvalue weighted by atomic mass is 32.2. The summed E-state index contributed by atoms with van der Waals surface area (Å²) in [4.78, 5) is 20.7. The summed E-state index contributed by atoms with van der Waals surface area (Å²) in [6.45, 7) is 11.4. The van der Waals surface area contributed by atoms with Crippen LogP contribution in [0.3, 0.4) is 0 Å². The fraction of sp³-hybridized carbons (Fsp3) is 0.529. The van der Waals surface area contributed by atoms with Crippen molar-refractivity contribution >= 4 is 17.7 Å². The van der Waals surface area contributed by atoms with E-state index < -0.39 is 0 Å². The fourth-order valence-electron chi connectivity index (χ4n) is 2.45. The minimum absolute atomic E-state index is 0.00276. The van der Waals surface area contributed by atoms with Crippen LogP contribution in [0.1, 0.15) is 29.7 Å². The summed E-state index contributed by atoms with van der Waals surface area (Å²) in [5.74, 6) is 0.646. The van der Waals surface area contributed by atoms with Gasteiger partial charge in [0.2, 0.25) is 5.91 Å². The second-order valence-electron chi connectivity index (χ2n) is 6.24. The van der Waals surface area contributed by atoms with Crippen LogP contribution < -0.4 is 5.32 Å². The highest BCUT2D eigenvalue weighted by molar-refractivity contribution is 7.99. The van der Waals surface area contributed by atoms with Gasteiger partial charge >= 0.3 is 0 Å². The lowest BCUT2D eigenvalue weighted by atomic mass is 10.2. The van der Waals surface area contributed by atoms with Crippen LogP contribution in [0, 0.1) is 33.6 Å². The molecule has 1 amide bonds. The smallest absolute Gasteiger partial charge is 0.230 e. The molecule has 0 saturated heterocycles. The van der Waals surface area contributed by atoms with Gasteiger partial charge in [-0.1, -0.05) is 18.7 Å². The van der Waals surface area contributed by atoms with Crippen molar-refractivity contribution in [3.63, 3.8) is 0 Å². The summed E-state index contributed by atoms with van der Waals surface area (Å²) in [5, 5.41) is 8.08. The van der Waals surface area contributed by atoms with Gasteiger partial charge < -0.3 is 5.32 Å². The third-order valence-electron chi connectivity index (χ3n) is 3.53. The Labute approximate surface area is 147 Å². The molecule has 0 fully saturated rings. The Morgan fingerprint density at radius 1 is 1.17 bits per heavy atom. The van der Waals surface area contributed by atoms with Crippen molar-refractivity contribution < 1.29 is 4.79 Å². The van der Waals surface area contributed by atoms with E-state index in [9.17, 15) is 4.79 Å². The zero-order valence-electron chi connectivity index (χ0n) is 15.0. The molecule has 6 nitrogen and oxygen atoms in total. The van der Waals surface area contributed by atoms with Gasteiger partial charge in [0.25, 0.3) is 0 Å². The molecule has 0 aliphatic rings. The first-order chi connectivity index (χ1) is 11.3. The maximum absolute atomic E-state index is 12.0. The molecule has 2 rings (SSSR count). The van der Waals surface area contributed by atoms with E-state index in [4.69, 9.17) is 0 Å². The van der Waals surface area contributed by atoms with Crippen molar-refractivity contribution in [3.05, 3.63) is 34.9 Å². The first-order valence-corrected chi connectivity index (χ1v) is 9.05. The number of thioether (sulfide) groups is 1. The number of aromatic nitrogens is 4. The molecule has 0 aliphatic heterocycles. The number of nitrogens with one attached hydrogen (secondary N) is 1. The quantitative estimate of drug-likeness (QED) is 0.615. The number of aryl methyl sites for hydroxylation is 4. The molecule has 0 unspecified atom stereocenters. The number of carbonyl (C=O) groups is 1. The van der Waals surface area contributed by atoms with E-state index in [0.29, 0.717) is 23.4 Å². The van der Waals surface area contributed by atoms with Gasteiger partial charge in [-0.15, -0.1) is 0 Å². The molecule has 2 aromatic rings. The standard InChI is InChI=1S/C17H25N5OS/c1-11(9-22-15(5)7-14(4)21-22)8-18-16(23)10-24-17-19-12(2)6-13(3)20-17/h6-7,11H,8-10H2,1-5H3,(H,18,23)/t11-/m0/s1. The predicted octanol–water partition coefficient (Wildman–Crippen LogP) is 2.45. The Kier molecular flexibility index (Phi) is 6.36. The average Bonchev–Trinajstić information content (AvgIpc) is 2.79. The van der Waals surface area contributed by atoms with Crippen molar-refractivity contribution in [2.45, 2.75) is 46.3 Å². The van der Waals surface area contributed by atoms with Crippen LogP contribution in [0.5, 0.6) is 0 Å². The van der Waals surface area contributed by atoms with Gasteiger partial charge in [0, 0.05) is 30.2 Å². The van der Waals surface area contributed by atoms with E-state index >= 15 is 0 Å². The lowest BCUT2D eigenvalue weighted by Gasteiger charge is -2.14. The maximum atomic E-state index is 12.0. The molecule has 1 atom stereocenters. The van der Waals surface area contributed by atoms with Crippen LogP contribution in [-0.2, 0) is 11.3 Å². The third-order valence-corrected chi connectivity index (χ3v) is 4.38. The molecule has 0 radical (unpaired) electrons. The molecule has 2 aromatic heterocycles. The molecule has 0 saturated carbocycles. The Morgan fingerprint density at radius 3 is 2.42 bits per heavy atom. The second-order valence-corrected chi connectivity index (χ2v) is 7.18. The number of hydrogen-bond acceptors (Lipinski definition) is 5. The summed E-state index contributed by atoms with van der Waals surface area (Å²) in [7, 11) is 0. The van der Waals surface area contributed by atoms with E-state index in [1.54, 1.807) is 0 Å². The van der Waals surface area contributed by atoms with Crippen molar-refractivity contribution in [2.24, 2.45) is 5.92 Å². The van der Waals surface area contributed by atoms with E-state index in [1.807, 2.05) is 38.4 Å². The van der Waals surface area contributed by atoms with E-state index in [-0.39, 0.29) is 5.91 Å². The lowest BCUT2D eigenvalue weighted by molar-refractivity contribution is -0.118. The Bertz CT molecular complexity index is 693. The molecule has 0 aliphatic carbocycles. The third kappa shape index (κ3) is 5.63. The first-order valence-electron chi connectivity index (χ1n) is 8.06. The molecular weight excluding hydrogens is 322 g/mol. The molecule has 130 valence electrons. The first kappa shape index (κ1) is 18.4. The van der Waals surface area contributed by atoms with Crippen LogP contribution in [0.15, 0.2) is 17.3 Å². The summed E-state index contributed by atoms with van der Waals surface area (Å²) in [6.07, 6.45) is 0. The average molecular weight is 347 g/mol. The molecule has 0 bridgehead atoms. The van der Waals surface area contributed by atoms with Gasteiger partial charge in [0.05, 0.1) is 11.4 Å². The largest absolute Gasteiger partial charge is 0.355 e. The van der Waals surface area contributed by atoms with Crippen LogP contribution >= 0.6 is 11.8 Å². The Hall–Kier alpha value is -1.89. The van der Waals surface area contributed by atoms with Crippen molar-refractivity contribution in [2.75, 3.05) is 12.3 Å². The normalized spacial score (nSPS) is 12.2. The second kappa shape index (κ2) is 8.28. The molecule has 24 heavy (non-hydrogen) atoms. The van der Waals surface area contributed by atoms with Crippen molar-refractivity contribution in [3.8, 4) is 0 Å². The minimum atomic E-state index is 0.00276. The van der Waals surface area contributed by atoms with E-state index in [2.05, 4.69) is 33.4 Å². The SMILES string of the molecule is Cc1cc(C)nc(SCC(=O)NC[C@H](C)Cn2nc(C)cc2C)n1. The minimum Gasteiger partial charge on any atom is -0.355 e. The molecule has 1 N–H and O–H groups in total. The number of hydrogen-bond donors (Lipinski definition) is 1. The van der Waals surface area contributed by atoms with Crippen LogP contribution in [0.2, 0.25) is 0 Å². The molecule has 2 heterocycles. The Balaban J connectivity index is 1.75. The summed E-state index contributed by atoms with van der Waals surface area (Å²) in [6, 6.07) is 3.98. The highest BCUT2D eigenvalue weighted by Crippen LogP contribution is 2.13. The van der Waals surface area contributed by atoms with Crippen LogP contribution in [0.4, 0.5) is 0 Å². The molecular formula is C17H25N5OS. The number of carbonyl (C=O) groups excluding carboxylic acids is 1. The maximum Gasteiger partial charge on any atom is 0.230 e. The number of amides is 1. The molecule has 0 aromatic carbocycles. The summed E-state index contributed by atoms with van der Waals surface area (Å²) >= 11 is 1.37. The topological polar surface area (TPSA) is 72.7 Å². The lowest BCUT2D eigenvalue weighted by Crippen LogP contribution is -2.31. The van der Waals surface area contributed by atoms with Gasteiger partial charge in [-0.05, 0) is 45.7 Å². The van der Waals surface area contributed by atoms with Crippen molar-refractivity contribution in [1.29, 1.82) is 0 Å². The molecule has 7 heteroatoms. The zero-order chi connectivity index (χ0) is 17.7. The van der Waals surface area contributed by atoms with Crippen molar-refractivity contribution in [1.82, 2.24) is 25.1 Å². The van der Waals surface area contributed by atoms with Gasteiger partial charge in [-0.3, -0.25) is 9.48 Å². The monoisotopic (exact) mass is 347 g/mol. The number of nitrogens with zero attached hydrogens (tertiary/aromatic N) is 4.